The predicted octanol–water partition coefficient (Wildman–Crippen LogP) is 2.03. The largest absolute Gasteiger partial charge is 0.487 e. The number of benzene rings is 1. The van der Waals surface area contributed by atoms with Crippen molar-refractivity contribution in [2.75, 3.05) is 36.6 Å². The molecule has 1 aliphatic heterocycles. The Bertz CT molecular complexity index is 1200. The van der Waals surface area contributed by atoms with Crippen LogP contribution < -0.4 is 26.7 Å². The number of fused-ring (bicyclic) bond motifs is 3. The molecule has 0 spiro atoms. The van der Waals surface area contributed by atoms with Crippen molar-refractivity contribution >= 4 is 34.3 Å². The summed E-state index contributed by atoms with van der Waals surface area (Å²) in [5, 5.41) is 8.27. The van der Waals surface area contributed by atoms with E-state index in [0.717, 1.165) is 6.21 Å². The Morgan fingerprint density at radius 2 is 2.11 bits per heavy atom. The van der Waals surface area contributed by atoms with Crippen molar-refractivity contribution in [2.45, 2.75) is 6.92 Å². The third kappa shape index (κ3) is 2.39. The monoisotopic (exact) mass is 382 g/mol. The maximum absolute atomic E-state index is 14.0. The molecule has 0 radical (unpaired) electrons. The Hall–Kier alpha value is -3.62. The van der Waals surface area contributed by atoms with Crippen LogP contribution >= 0.6 is 0 Å². The van der Waals surface area contributed by atoms with Gasteiger partial charge < -0.3 is 31.5 Å². The van der Waals surface area contributed by atoms with Crippen LogP contribution in [0.2, 0.25) is 0 Å². The lowest BCUT2D eigenvalue weighted by molar-refractivity contribution is 0.313. The summed E-state index contributed by atoms with van der Waals surface area (Å²) in [6.45, 7) is 2.87. The molecule has 3 heterocycles. The Morgan fingerprint density at radius 1 is 1.36 bits per heavy atom. The fourth-order valence-electron chi connectivity index (χ4n) is 3.54. The number of nitrogen functional groups attached to an aromatic ring is 2. The number of pyridine rings is 2. The first-order valence-electron chi connectivity index (χ1n) is 8.64. The van der Waals surface area contributed by atoms with Crippen molar-refractivity contribution in [1.82, 2.24) is 9.97 Å². The SMILES string of the molecule is Cc1nc2c(c3c(-c4ccc(F)c(N)c4C=N)c(N)c(=O)[nH]c13)OCCN2C. The van der Waals surface area contributed by atoms with Gasteiger partial charge in [0.25, 0.3) is 5.56 Å². The number of rotatable bonds is 2. The highest BCUT2D eigenvalue weighted by Crippen LogP contribution is 2.44. The summed E-state index contributed by atoms with van der Waals surface area (Å²) in [5.41, 5.74) is 13.2. The molecule has 3 aromatic rings. The molecular formula is C19H19FN6O2. The minimum atomic E-state index is -0.647. The second-order valence-corrected chi connectivity index (χ2v) is 6.68. The number of H-pyrrole nitrogens is 1. The van der Waals surface area contributed by atoms with Crippen molar-refractivity contribution in [3.63, 3.8) is 0 Å². The number of likely N-dealkylation sites (N-methyl/N-ethyl adjacent to an activating group) is 1. The lowest BCUT2D eigenvalue weighted by atomic mass is 9.93. The minimum absolute atomic E-state index is 0.0637. The molecule has 0 bridgehead atoms. The third-order valence-electron chi connectivity index (χ3n) is 5.00. The molecule has 28 heavy (non-hydrogen) atoms. The molecule has 0 saturated heterocycles. The lowest BCUT2D eigenvalue weighted by Crippen LogP contribution is -2.30. The maximum atomic E-state index is 14.0. The van der Waals surface area contributed by atoms with Crippen LogP contribution in [0.1, 0.15) is 11.3 Å². The summed E-state index contributed by atoms with van der Waals surface area (Å²) >= 11 is 0. The third-order valence-corrected chi connectivity index (χ3v) is 5.00. The van der Waals surface area contributed by atoms with Gasteiger partial charge in [-0.05, 0) is 18.6 Å². The summed E-state index contributed by atoms with van der Waals surface area (Å²) in [6, 6.07) is 2.66. The average molecular weight is 382 g/mol. The standard InChI is InChI=1S/C19H19FN6O2/c1-8-16-13(17-18(24-8)26(2)5-6-28-17)12(15(23)19(27)25-16)9-3-4-11(20)14(22)10(9)7-21/h3-4,7,21H,5-6,22-23H2,1-2H3,(H,25,27). The van der Waals surface area contributed by atoms with Gasteiger partial charge in [-0.3, -0.25) is 4.79 Å². The first-order chi connectivity index (χ1) is 13.3. The van der Waals surface area contributed by atoms with Crippen molar-refractivity contribution in [1.29, 1.82) is 5.41 Å². The molecule has 144 valence electrons. The minimum Gasteiger partial charge on any atom is -0.487 e. The van der Waals surface area contributed by atoms with E-state index in [-0.39, 0.29) is 16.9 Å². The summed E-state index contributed by atoms with van der Waals surface area (Å²) in [5.74, 6) is 0.451. The quantitative estimate of drug-likeness (QED) is 0.396. The molecule has 2 aromatic heterocycles. The average Bonchev–Trinajstić information content (AvgIpc) is 2.67. The number of nitrogens with two attached hydrogens (primary N) is 2. The number of nitrogens with one attached hydrogen (secondary N) is 2. The number of hydrogen-bond donors (Lipinski definition) is 4. The van der Waals surface area contributed by atoms with E-state index in [1.807, 2.05) is 11.9 Å². The predicted molar refractivity (Wildman–Crippen MR) is 108 cm³/mol. The zero-order valence-corrected chi connectivity index (χ0v) is 15.4. The van der Waals surface area contributed by atoms with Gasteiger partial charge in [0.05, 0.1) is 28.8 Å². The molecule has 4 rings (SSSR count). The second kappa shape index (κ2) is 6.22. The maximum Gasteiger partial charge on any atom is 0.272 e. The molecule has 0 fully saturated rings. The fourth-order valence-corrected chi connectivity index (χ4v) is 3.54. The molecule has 8 nitrogen and oxygen atoms in total. The lowest BCUT2D eigenvalue weighted by Gasteiger charge is -2.29. The van der Waals surface area contributed by atoms with Crippen LogP contribution in [0.4, 0.5) is 21.6 Å². The first kappa shape index (κ1) is 17.8. The van der Waals surface area contributed by atoms with Gasteiger partial charge in [0.1, 0.15) is 18.1 Å². The van der Waals surface area contributed by atoms with Crippen molar-refractivity contribution < 1.29 is 9.13 Å². The molecule has 0 atom stereocenters. The summed E-state index contributed by atoms with van der Waals surface area (Å²) < 4.78 is 19.9. The molecule has 0 unspecified atom stereocenters. The van der Waals surface area contributed by atoms with E-state index in [4.69, 9.17) is 21.6 Å². The number of ether oxygens (including phenoxy) is 1. The topological polar surface area (TPSA) is 134 Å². The number of aromatic nitrogens is 2. The highest BCUT2D eigenvalue weighted by Gasteiger charge is 2.27. The summed E-state index contributed by atoms with van der Waals surface area (Å²) in [7, 11) is 1.90. The van der Waals surface area contributed by atoms with Crippen LogP contribution in [0.25, 0.3) is 22.0 Å². The summed E-state index contributed by atoms with van der Waals surface area (Å²) in [4.78, 5) is 21.8. The Balaban J connectivity index is 2.24. The van der Waals surface area contributed by atoms with Gasteiger partial charge in [0, 0.05) is 24.4 Å². The first-order valence-corrected chi connectivity index (χ1v) is 8.64. The number of aromatic amines is 1. The molecule has 9 heteroatoms. The molecule has 0 saturated carbocycles. The van der Waals surface area contributed by atoms with E-state index in [1.165, 1.54) is 12.1 Å². The number of nitrogens with zero attached hydrogens (tertiary/aromatic N) is 2. The van der Waals surface area contributed by atoms with E-state index in [0.29, 0.717) is 52.4 Å². The van der Waals surface area contributed by atoms with Gasteiger partial charge in [0.15, 0.2) is 11.6 Å². The van der Waals surface area contributed by atoms with Crippen molar-refractivity contribution in [2.24, 2.45) is 0 Å². The number of halogens is 1. The van der Waals surface area contributed by atoms with Crippen LogP contribution in [-0.2, 0) is 0 Å². The van der Waals surface area contributed by atoms with Crippen LogP contribution in [0, 0.1) is 18.2 Å². The van der Waals surface area contributed by atoms with Crippen LogP contribution in [0.5, 0.6) is 5.75 Å². The van der Waals surface area contributed by atoms with E-state index in [2.05, 4.69) is 9.97 Å². The van der Waals surface area contributed by atoms with Crippen molar-refractivity contribution in [3.8, 4) is 16.9 Å². The van der Waals surface area contributed by atoms with Gasteiger partial charge in [-0.15, -0.1) is 0 Å². The Labute approximate surface area is 159 Å². The molecule has 6 N–H and O–H groups in total. The van der Waals surface area contributed by atoms with E-state index in [1.54, 1.807) is 6.92 Å². The molecule has 1 aromatic carbocycles. The molecular weight excluding hydrogens is 363 g/mol. The van der Waals surface area contributed by atoms with Gasteiger partial charge in [-0.2, -0.15) is 0 Å². The smallest absolute Gasteiger partial charge is 0.272 e. The highest BCUT2D eigenvalue weighted by molar-refractivity contribution is 6.10. The highest BCUT2D eigenvalue weighted by atomic mass is 19.1. The zero-order chi connectivity index (χ0) is 20.2. The second-order valence-electron chi connectivity index (χ2n) is 6.68. The Morgan fingerprint density at radius 3 is 2.82 bits per heavy atom. The molecule has 0 amide bonds. The zero-order valence-electron chi connectivity index (χ0n) is 15.4. The van der Waals surface area contributed by atoms with E-state index >= 15 is 0 Å². The molecule has 1 aliphatic rings. The number of anilines is 3. The van der Waals surface area contributed by atoms with Crippen molar-refractivity contribution in [3.05, 3.63) is 39.6 Å². The summed E-state index contributed by atoms with van der Waals surface area (Å²) in [6.07, 6.45) is 0.952. The Kier molecular flexibility index (Phi) is 3.95. The van der Waals surface area contributed by atoms with Gasteiger partial charge in [0.2, 0.25) is 0 Å². The van der Waals surface area contributed by atoms with Crippen LogP contribution in [-0.4, -0.2) is 36.4 Å². The van der Waals surface area contributed by atoms with E-state index in [9.17, 15) is 9.18 Å². The van der Waals surface area contributed by atoms with Crippen LogP contribution in [0.15, 0.2) is 16.9 Å². The normalized spacial score (nSPS) is 13.3. The van der Waals surface area contributed by atoms with Gasteiger partial charge >= 0.3 is 0 Å². The molecule has 0 aliphatic carbocycles. The van der Waals surface area contributed by atoms with Crippen LogP contribution in [0.3, 0.4) is 0 Å². The number of aryl methyl sites for hydroxylation is 1. The van der Waals surface area contributed by atoms with Gasteiger partial charge in [-0.1, -0.05) is 6.07 Å². The van der Waals surface area contributed by atoms with E-state index < -0.39 is 11.4 Å². The fraction of sp³-hybridized carbons (Fsp3) is 0.211. The van der Waals surface area contributed by atoms with Gasteiger partial charge in [-0.25, -0.2) is 9.37 Å². The number of hydrogen-bond acceptors (Lipinski definition) is 7.